The van der Waals surface area contributed by atoms with Crippen LogP contribution in [0.2, 0.25) is 5.02 Å². The Hall–Kier alpha value is -1.42. The minimum atomic E-state index is -0.436. The second kappa shape index (κ2) is 5.96. The summed E-state index contributed by atoms with van der Waals surface area (Å²) in [6, 6.07) is 3.49. The monoisotopic (exact) mass is 270 g/mol. The molecule has 0 aromatic heterocycles. The molecule has 18 heavy (non-hydrogen) atoms. The number of halogens is 1. The Bertz CT molecular complexity index is 449. The van der Waals surface area contributed by atoms with Gasteiger partial charge in [-0.3, -0.25) is 0 Å². The van der Waals surface area contributed by atoms with Gasteiger partial charge >= 0.3 is 5.97 Å². The molecular formula is C13H19ClN2O2. The molecule has 0 bridgehead atoms. The molecule has 100 valence electrons. The fourth-order valence-corrected chi connectivity index (χ4v) is 2.10. The Morgan fingerprint density at radius 1 is 1.56 bits per heavy atom. The number of anilines is 2. The third kappa shape index (κ3) is 2.88. The average Bonchev–Trinajstić information content (AvgIpc) is 2.35. The first-order valence-corrected chi connectivity index (χ1v) is 6.20. The van der Waals surface area contributed by atoms with Crippen LogP contribution in [-0.4, -0.2) is 26.2 Å². The van der Waals surface area contributed by atoms with Gasteiger partial charge in [-0.1, -0.05) is 18.5 Å². The summed E-state index contributed by atoms with van der Waals surface area (Å²) in [7, 11) is 3.24. The number of hydrogen-bond acceptors (Lipinski definition) is 4. The first-order valence-electron chi connectivity index (χ1n) is 5.82. The van der Waals surface area contributed by atoms with Crippen molar-refractivity contribution in [2.24, 2.45) is 0 Å². The topological polar surface area (TPSA) is 55.6 Å². The summed E-state index contributed by atoms with van der Waals surface area (Å²) in [5.41, 5.74) is 7.22. The molecule has 4 nitrogen and oxygen atoms in total. The molecule has 0 radical (unpaired) electrons. The lowest BCUT2D eigenvalue weighted by molar-refractivity contribution is 0.0601. The molecule has 2 N–H and O–H groups in total. The minimum absolute atomic E-state index is 0.259. The van der Waals surface area contributed by atoms with Gasteiger partial charge < -0.3 is 15.4 Å². The van der Waals surface area contributed by atoms with E-state index in [0.29, 0.717) is 22.0 Å². The maximum Gasteiger partial charge on any atom is 0.340 e. The van der Waals surface area contributed by atoms with E-state index in [-0.39, 0.29) is 6.04 Å². The highest BCUT2D eigenvalue weighted by Gasteiger charge is 2.21. The molecule has 1 aromatic rings. The predicted octanol–water partition coefficient (Wildman–Crippen LogP) is 2.94. The predicted molar refractivity (Wildman–Crippen MR) is 75.4 cm³/mol. The molecule has 0 fully saturated rings. The molecule has 0 saturated heterocycles. The van der Waals surface area contributed by atoms with Gasteiger partial charge in [0.1, 0.15) is 0 Å². The Morgan fingerprint density at radius 2 is 2.17 bits per heavy atom. The number of rotatable bonds is 4. The van der Waals surface area contributed by atoms with E-state index >= 15 is 0 Å². The summed E-state index contributed by atoms with van der Waals surface area (Å²) in [4.78, 5) is 13.8. The molecule has 1 unspecified atom stereocenters. The van der Waals surface area contributed by atoms with Crippen molar-refractivity contribution in [3.63, 3.8) is 0 Å². The number of carbonyl (C=O) groups excluding carboxylic acids is 1. The van der Waals surface area contributed by atoms with Gasteiger partial charge in [-0.15, -0.1) is 0 Å². The molecule has 5 heteroatoms. The summed E-state index contributed by atoms with van der Waals surface area (Å²) >= 11 is 6.20. The van der Waals surface area contributed by atoms with Gasteiger partial charge in [0.2, 0.25) is 0 Å². The maximum absolute atomic E-state index is 11.8. The van der Waals surface area contributed by atoms with E-state index in [1.54, 1.807) is 12.1 Å². The number of hydrogen-bond donors (Lipinski definition) is 1. The van der Waals surface area contributed by atoms with Gasteiger partial charge in [0.15, 0.2) is 0 Å². The molecule has 0 amide bonds. The van der Waals surface area contributed by atoms with E-state index in [1.165, 1.54) is 7.11 Å². The number of nitrogen functional groups attached to an aromatic ring is 1. The largest absolute Gasteiger partial charge is 0.465 e. The average molecular weight is 271 g/mol. The fourth-order valence-electron chi connectivity index (χ4n) is 1.74. The number of benzene rings is 1. The molecule has 0 spiro atoms. The van der Waals surface area contributed by atoms with Crippen LogP contribution in [0.15, 0.2) is 12.1 Å². The smallest absolute Gasteiger partial charge is 0.340 e. The molecule has 1 rings (SSSR count). The summed E-state index contributed by atoms with van der Waals surface area (Å²) in [5.74, 6) is -0.436. The van der Waals surface area contributed by atoms with Gasteiger partial charge in [0.05, 0.1) is 23.4 Å². The van der Waals surface area contributed by atoms with Crippen LogP contribution >= 0.6 is 11.6 Å². The van der Waals surface area contributed by atoms with E-state index in [9.17, 15) is 4.79 Å². The van der Waals surface area contributed by atoms with Crippen LogP contribution in [0.4, 0.5) is 11.4 Å². The Kier molecular flexibility index (Phi) is 4.84. The van der Waals surface area contributed by atoms with Crippen molar-refractivity contribution in [3.05, 3.63) is 22.7 Å². The van der Waals surface area contributed by atoms with Crippen LogP contribution in [-0.2, 0) is 4.74 Å². The normalized spacial score (nSPS) is 12.1. The number of carbonyl (C=O) groups is 1. The zero-order valence-electron chi connectivity index (χ0n) is 11.2. The van der Waals surface area contributed by atoms with Crippen LogP contribution in [0.25, 0.3) is 0 Å². The fraction of sp³-hybridized carbons (Fsp3) is 0.462. The van der Waals surface area contributed by atoms with Crippen LogP contribution < -0.4 is 10.6 Å². The highest BCUT2D eigenvalue weighted by Crippen LogP contribution is 2.33. The van der Waals surface area contributed by atoms with Gasteiger partial charge in [-0.05, 0) is 25.5 Å². The summed E-state index contributed by atoms with van der Waals surface area (Å²) < 4.78 is 4.77. The molecular weight excluding hydrogens is 252 g/mol. The van der Waals surface area contributed by atoms with Crippen molar-refractivity contribution in [1.82, 2.24) is 0 Å². The lowest BCUT2D eigenvalue weighted by Crippen LogP contribution is -2.30. The molecule has 1 aromatic carbocycles. The number of methoxy groups -OCH3 is 1. The van der Waals surface area contributed by atoms with Gasteiger partial charge in [-0.25, -0.2) is 4.79 Å². The van der Waals surface area contributed by atoms with Crippen molar-refractivity contribution in [2.45, 2.75) is 26.3 Å². The third-order valence-electron chi connectivity index (χ3n) is 3.10. The maximum atomic E-state index is 11.8. The Labute approximate surface area is 113 Å². The highest BCUT2D eigenvalue weighted by atomic mass is 35.5. The molecule has 0 aliphatic carbocycles. The molecule has 0 heterocycles. The van der Waals surface area contributed by atoms with Crippen molar-refractivity contribution in [2.75, 3.05) is 24.8 Å². The van der Waals surface area contributed by atoms with Crippen molar-refractivity contribution >= 4 is 28.9 Å². The van der Waals surface area contributed by atoms with Crippen LogP contribution in [0.1, 0.15) is 30.6 Å². The first kappa shape index (κ1) is 14.6. The lowest BCUT2D eigenvalue weighted by atomic mass is 10.1. The number of nitrogens with two attached hydrogens (primary N) is 1. The zero-order chi connectivity index (χ0) is 13.9. The minimum Gasteiger partial charge on any atom is -0.465 e. The lowest BCUT2D eigenvalue weighted by Gasteiger charge is -2.28. The van der Waals surface area contributed by atoms with Gasteiger partial charge in [0.25, 0.3) is 0 Å². The molecule has 1 atom stereocenters. The number of ether oxygens (including phenoxy) is 1. The SMILES string of the molecule is CCC(C)N(C)c1c(Cl)cc(N)cc1C(=O)OC. The van der Waals surface area contributed by atoms with Crippen molar-refractivity contribution in [3.8, 4) is 0 Å². The first-order chi connectivity index (χ1) is 8.42. The van der Waals surface area contributed by atoms with Crippen molar-refractivity contribution in [1.29, 1.82) is 0 Å². The Morgan fingerprint density at radius 3 is 2.67 bits per heavy atom. The van der Waals surface area contributed by atoms with Crippen LogP contribution in [0, 0.1) is 0 Å². The molecule has 0 aliphatic rings. The third-order valence-corrected chi connectivity index (χ3v) is 3.38. The van der Waals surface area contributed by atoms with Gasteiger partial charge in [0, 0.05) is 18.8 Å². The summed E-state index contributed by atoms with van der Waals surface area (Å²) in [5, 5.41) is 0.457. The summed E-state index contributed by atoms with van der Waals surface area (Å²) in [6.07, 6.45) is 0.942. The Balaban J connectivity index is 3.36. The van der Waals surface area contributed by atoms with Gasteiger partial charge in [-0.2, -0.15) is 0 Å². The second-order valence-corrected chi connectivity index (χ2v) is 4.67. The quantitative estimate of drug-likeness (QED) is 0.675. The second-order valence-electron chi connectivity index (χ2n) is 4.26. The zero-order valence-corrected chi connectivity index (χ0v) is 11.9. The van der Waals surface area contributed by atoms with E-state index in [0.717, 1.165) is 6.42 Å². The standard InChI is InChI=1S/C13H19ClN2O2/c1-5-8(2)16(3)12-10(13(17)18-4)6-9(15)7-11(12)14/h6-8H,5,15H2,1-4H3. The van der Waals surface area contributed by atoms with E-state index < -0.39 is 5.97 Å². The number of esters is 1. The van der Waals surface area contributed by atoms with E-state index in [2.05, 4.69) is 13.8 Å². The van der Waals surface area contributed by atoms with Crippen LogP contribution in [0.3, 0.4) is 0 Å². The van der Waals surface area contributed by atoms with E-state index in [1.807, 2.05) is 11.9 Å². The number of nitrogens with zero attached hydrogens (tertiary/aromatic N) is 1. The summed E-state index contributed by atoms with van der Waals surface area (Å²) in [6.45, 7) is 4.14. The van der Waals surface area contributed by atoms with E-state index in [4.69, 9.17) is 22.1 Å². The molecule has 0 aliphatic heterocycles. The molecule has 0 saturated carbocycles. The highest BCUT2D eigenvalue weighted by molar-refractivity contribution is 6.34. The van der Waals surface area contributed by atoms with Crippen molar-refractivity contribution < 1.29 is 9.53 Å². The van der Waals surface area contributed by atoms with Crippen LogP contribution in [0.5, 0.6) is 0 Å².